The minimum atomic E-state index is -0.939. The van der Waals surface area contributed by atoms with Crippen LogP contribution in [0.1, 0.15) is 37.7 Å². The van der Waals surface area contributed by atoms with Crippen molar-refractivity contribution in [3.63, 3.8) is 0 Å². The predicted molar refractivity (Wildman–Crippen MR) is 72.3 cm³/mol. The molecule has 0 saturated carbocycles. The average molecular weight is 285 g/mol. The molecule has 1 rings (SSSR count). The summed E-state index contributed by atoms with van der Waals surface area (Å²) in [5.41, 5.74) is -0.224. The number of nitrogens with zero attached hydrogens (tertiary/aromatic N) is 2. The van der Waals surface area contributed by atoms with Crippen LogP contribution in [0.3, 0.4) is 0 Å². The number of carboxylic acids is 1. The molecule has 0 bridgehead atoms. The van der Waals surface area contributed by atoms with E-state index in [1.807, 2.05) is 20.8 Å². The van der Waals surface area contributed by atoms with E-state index in [1.165, 1.54) is 17.2 Å². The fraction of sp³-hybridized carbons (Fsp3) is 0.462. The van der Waals surface area contributed by atoms with Gasteiger partial charge in [0.2, 0.25) is 0 Å². The summed E-state index contributed by atoms with van der Waals surface area (Å²) in [6.07, 6.45) is 1.30. The first-order valence-electron chi connectivity index (χ1n) is 5.87. The van der Waals surface area contributed by atoms with Gasteiger partial charge in [-0.05, 0) is 32.9 Å². The summed E-state index contributed by atoms with van der Waals surface area (Å²) in [5.74, 6) is -1.24. The number of hydrogen-bond donors (Lipinski definition) is 1. The van der Waals surface area contributed by atoms with E-state index >= 15 is 0 Å². The summed E-state index contributed by atoms with van der Waals surface area (Å²) in [6.45, 7) is 5.69. The summed E-state index contributed by atoms with van der Waals surface area (Å²) in [5, 5.41) is 9.19. The average Bonchev–Trinajstić information content (AvgIpc) is 2.27. The third kappa shape index (κ3) is 4.52. The zero-order chi connectivity index (χ0) is 14.6. The second-order valence-corrected chi connectivity index (χ2v) is 5.57. The van der Waals surface area contributed by atoms with Crippen molar-refractivity contribution in [1.82, 2.24) is 9.88 Å². The summed E-state index contributed by atoms with van der Waals surface area (Å²) in [4.78, 5) is 28.5. The topological polar surface area (TPSA) is 70.5 Å². The first kappa shape index (κ1) is 15.4. The maximum absolute atomic E-state index is 12.3. The number of rotatable bonds is 4. The Bertz CT molecular complexity index is 466. The molecule has 6 heteroatoms. The summed E-state index contributed by atoms with van der Waals surface area (Å²) >= 11 is 5.72. The van der Waals surface area contributed by atoms with Gasteiger partial charge in [-0.2, -0.15) is 0 Å². The highest BCUT2D eigenvalue weighted by Crippen LogP contribution is 2.17. The number of aromatic nitrogens is 1. The van der Waals surface area contributed by atoms with E-state index in [-0.39, 0.29) is 24.6 Å². The number of amides is 1. The molecule has 0 radical (unpaired) electrons. The Kier molecular flexibility index (Phi) is 4.89. The second kappa shape index (κ2) is 6.02. The molecule has 0 saturated heterocycles. The molecular weight excluding hydrogens is 268 g/mol. The molecule has 0 unspecified atom stereocenters. The van der Waals surface area contributed by atoms with E-state index in [9.17, 15) is 9.59 Å². The first-order valence-corrected chi connectivity index (χ1v) is 6.25. The molecule has 1 aromatic heterocycles. The van der Waals surface area contributed by atoms with Gasteiger partial charge < -0.3 is 10.0 Å². The van der Waals surface area contributed by atoms with E-state index in [0.717, 1.165) is 0 Å². The Morgan fingerprint density at radius 1 is 1.37 bits per heavy atom. The van der Waals surface area contributed by atoms with E-state index in [2.05, 4.69) is 4.98 Å². The van der Waals surface area contributed by atoms with Crippen LogP contribution in [0.15, 0.2) is 18.3 Å². The van der Waals surface area contributed by atoms with Crippen molar-refractivity contribution >= 4 is 23.5 Å². The number of carbonyl (C=O) groups is 2. The normalized spacial score (nSPS) is 11.2. The third-order valence-corrected chi connectivity index (χ3v) is 2.77. The van der Waals surface area contributed by atoms with Crippen LogP contribution in [-0.2, 0) is 4.79 Å². The van der Waals surface area contributed by atoms with Crippen LogP contribution >= 0.6 is 11.6 Å². The molecule has 0 aliphatic carbocycles. The lowest BCUT2D eigenvalue weighted by atomic mass is 10.0. The van der Waals surface area contributed by atoms with Gasteiger partial charge in [0, 0.05) is 18.3 Å². The Hall–Kier alpha value is -1.62. The fourth-order valence-corrected chi connectivity index (χ4v) is 1.70. The highest BCUT2D eigenvalue weighted by atomic mass is 35.5. The minimum absolute atomic E-state index is 0.101. The number of aliphatic carboxylic acids is 1. The largest absolute Gasteiger partial charge is 0.481 e. The fourth-order valence-electron chi connectivity index (χ4n) is 1.59. The smallest absolute Gasteiger partial charge is 0.305 e. The summed E-state index contributed by atoms with van der Waals surface area (Å²) in [6, 6.07) is 3.12. The molecule has 0 aliphatic heterocycles. The highest BCUT2D eigenvalue weighted by molar-refractivity contribution is 6.30. The standard InChI is InChI=1S/C13H17ClN2O3/c1-13(2,3)16(7-6-11(17)18)12(19)10-5-4-9(14)8-15-10/h4-5,8H,6-7H2,1-3H3,(H,17,18). The monoisotopic (exact) mass is 284 g/mol. The predicted octanol–water partition coefficient (Wildman–Crippen LogP) is 2.45. The minimum Gasteiger partial charge on any atom is -0.481 e. The lowest BCUT2D eigenvalue weighted by molar-refractivity contribution is -0.137. The van der Waals surface area contributed by atoms with Gasteiger partial charge in [0.15, 0.2) is 0 Å². The van der Waals surface area contributed by atoms with Crippen LogP contribution in [0.2, 0.25) is 5.02 Å². The molecule has 1 amide bonds. The van der Waals surface area contributed by atoms with Gasteiger partial charge in [0.25, 0.3) is 5.91 Å². The number of carboxylic acid groups (broad SMARTS) is 1. The SMILES string of the molecule is CC(C)(C)N(CCC(=O)O)C(=O)c1ccc(Cl)cn1. The zero-order valence-electron chi connectivity index (χ0n) is 11.2. The van der Waals surface area contributed by atoms with Crippen LogP contribution in [0.4, 0.5) is 0 Å². The van der Waals surface area contributed by atoms with Gasteiger partial charge in [0.1, 0.15) is 5.69 Å². The van der Waals surface area contributed by atoms with Crippen molar-refractivity contribution < 1.29 is 14.7 Å². The Morgan fingerprint density at radius 3 is 2.42 bits per heavy atom. The van der Waals surface area contributed by atoms with Crippen LogP contribution in [-0.4, -0.2) is 39.0 Å². The van der Waals surface area contributed by atoms with Crippen LogP contribution in [0, 0.1) is 0 Å². The van der Waals surface area contributed by atoms with Gasteiger partial charge in [-0.25, -0.2) is 4.98 Å². The van der Waals surface area contributed by atoms with Crippen molar-refractivity contribution in [2.45, 2.75) is 32.7 Å². The lowest BCUT2D eigenvalue weighted by Crippen LogP contribution is -2.46. The van der Waals surface area contributed by atoms with Crippen molar-refractivity contribution in [2.75, 3.05) is 6.54 Å². The van der Waals surface area contributed by atoms with Gasteiger partial charge in [-0.3, -0.25) is 9.59 Å². The maximum Gasteiger partial charge on any atom is 0.305 e. The highest BCUT2D eigenvalue weighted by Gasteiger charge is 2.28. The Labute approximate surface area is 117 Å². The van der Waals surface area contributed by atoms with Crippen molar-refractivity contribution in [3.8, 4) is 0 Å². The molecule has 0 fully saturated rings. The van der Waals surface area contributed by atoms with Gasteiger partial charge >= 0.3 is 5.97 Å². The molecular formula is C13H17ClN2O3. The van der Waals surface area contributed by atoms with Crippen molar-refractivity contribution in [3.05, 3.63) is 29.0 Å². The number of halogens is 1. The van der Waals surface area contributed by atoms with Crippen molar-refractivity contribution in [2.24, 2.45) is 0 Å². The quantitative estimate of drug-likeness (QED) is 0.922. The number of carbonyl (C=O) groups excluding carboxylic acids is 1. The summed E-state index contributed by atoms with van der Waals surface area (Å²) in [7, 11) is 0. The molecule has 0 aliphatic rings. The second-order valence-electron chi connectivity index (χ2n) is 5.13. The van der Waals surface area contributed by atoms with Crippen molar-refractivity contribution in [1.29, 1.82) is 0 Å². The molecule has 0 spiro atoms. The van der Waals surface area contributed by atoms with E-state index in [4.69, 9.17) is 16.7 Å². The molecule has 104 valence electrons. The first-order chi connectivity index (χ1) is 8.71. The molecule has 1 heterocycles. The van der Waals surface area contributed by atoms with E-state index in [0.29, 0.717) is 5.02 Å². The third-order valence-electron chi connectivity index (χ3n) is 2.55. The summed E-state index contributed by atoms with van der Waals surface area (Å²) < 4.78 is 0. The molecule has 1 N–H and O–H groups in total. The maximum atomic E-state index is 12.3. The molecule has 1 aromatic rings. The van der Waals surface area contributed by atoms with E-state index < -0.39 is 11.5 Å². The molecule has 0 atom stereocenters. The van der Waals surface area contributed by atoms with E-state index in [1.54, 1.807) is 6.07 Å². The van der Waals surface area contributed by atoms with Crippen LogP contribution in [0.25, 0.3) is 0 Å². The van der Waals surface area contributed by atoms with Crippen LogP contribution < -0.4 is 0 Å². The molecule has 0 aromatic carbocycles. The van der Waals surface area contributed by atoms with Gasteiger partial charge in [0.05, 0.1) is 11.4 Å². The van der Waals surface area contributed by atoms with Gasteiger partial charge in [-0.1, -0.05) is 11.6 Å². The zero-order valence-corrected chi connectivity index (χ0v) is 11.9. The Balaban J connectivity index is 2.94. The lowest BCUT2D eigenvalue weighted by Gasteiger charge is -2.35. The molecule has 5 nitrogen and oxygen atoms in total. The Morgan fingerprint density at radius 2 is 2.00 bits per heavy atom. The molecule has 19 heavy (non-hydrogen) atoms. The van der Waals surface area contributed by atoms with Crippen LogP contribution in [0.5, 0.6) is 0 Å². The number of pyridine rings is 1. The van der Waals surface area contributed by atoms with Gasteiger partial charge in [-0.15, -0.1) is 0 Å². The number of hydrogen-bond acceptors (Lipinski definition) is 3.